The average Bonchev–Trinajstić information content (AvgIpc) is 2.36. The summed E-state index contributed by atoms with van der Waals surface area (Å²) in [6, 6.07) is 5.25. The summed E-state index contributed by atoms with van der Waals surface area (Å²) in [5, 5.41) is 0. The minimum absolute atomic E-state index is 0.0987. The third-order valence-corrected chi connectivity index (χ3v) is 2.80. The zero-order chi connectivity index (χ0) is 14.6. The number of amides is 1. The lowest BCUT2D eigenvalue weighted by Gasteiger charge is -2.21. The molecule has 0 aliphatic heterocycles. The van der Waals surface area contributed by atoms with Crippen LogP contribution in [0, 0.1) is 0 Å². The fraction of sp³-hybridized carbons (Fsp3) is 0.500. The molecule has 19 heavy (non-hydrogen) atoms. The molecule has 0 fully saturated rings. The summed E-state index contributed by atoms with van der Waals surface area (Å²) in [6.07, 6.45) is -0.570. The summed E-state index contributed by atoms with van der Waals surface area (Å²) < 4.78 is 10.9. The summed E-state index contributed by atoms with van der Waals surface area (Å²) in [6.45, 7) is 3.58. The third-order valence-electron chi connectivity index (χ3n) is 2.80. The Morgan fingerprint density at radius 2 is 1.95 bits per heavy atom. The fourth-order valence-electron chi connectivity index (χ4n) is 1.72. The van der Waals surface area contributed by atoms with Crippen LogP contribution < -0.4 is 15.2 Å². The van der Waals surface area contributed by atoms with E-state index >= 15 is 0 Å². The summed E-state index contributed by atoms with van der Waals surface area (Å²) in [4.78, 5) is 13.3. The van der Waals surface area contributed by atoms with Crippen LogP contribution in [0.1, 0.15) is 25.5 Å². The second kappa shape index (κ2) is 6.43. The predicted octanol–water partition coefficient (Wildman–Crippen LogP) is 1.57. The van der Waals surface area contributed by atoms with Gasteiger partial charge in [-0.1, -0.05) is 6.07 Å². The molecule has 0 spiro atoms. The topological polar surface area (TPSA) is 64.8 Å². The molecular weight excluding hydrogens is 244 g/mol. The molecule has 0 aromatic heterocycles. The molecule has 1 unspecified atom stereocenters. The molecule has 2 atom stereocenters. The zero-order valence-electron chi connectivity index (χ0n) is 12.1. The van der Waals surface area contributed by atoms with E-state index in [-0.39, 0.29) is 11.9 Å². The van der Waals surface area contributed by atoms with Crippen LogP contribution in [0.15, 0.2) is 18.2 Å². The van der Waals surface area contributed by atoms with Crippen LogP contribution in [-0.4, -0.2) is 38.1 Å². The second-order valence-electron chi connectivity index (χ2n) is 4.69. The van der Waals surface area contributed by atoms with Crippen LogP contribution >= 0.6 is 0 Å². The van der Waals surface area contributed by atoms with Crippen molar-refractivity contribution < 1.29 is 14.3 Å². The maximum absolute atomic E-state index is 11.8. The van der Waals surface area contributed by atoms with Gasteiger partial charge in [0.05, 0.1) is 7.11 Å². The van der Waals surface area contributed by atoms with Crippen molar-refractivity contribution in [2.24, 2.45) is 5.73 Å². The second-order valence-corrected chi connectivity index (χ2v) is 4.69. The van der Waals surface area contributed by atoms with Crippen LogP contribution in [0.2, 0.25) is 0 Å². The Kier molecular flexibility index (Phi) is 5.18. The van der Waals surface area contributed by atoms with Gasteiger partial charge < -0.3 is 20.1 Å². The first-order valence-electron chi connectivity index (χ1n) is 6.18. The van der Waals surface area contributed by atoms with Gasteiger partial charge in [0.1, 0.15) is 11.5 Å². The number of nitrogens with two attached hydrogens (primary N) is 1. The monoisotopic (exact) mass is 266 g/mol. The van der Waals surface area contributed by atoms with Gasteiger partial charge in [-0.3, -0.25) is 4.79 Å². The van der Waals surface area contributed by atoms with E-state index in [0.717, 1.165) is 5.56 Å². The molecule has 0 saturated carbocycles. The number of hydrogen-bond acceptors (Lipinski definition) is 4. The van der Waals surface area contributed by atoms with Crippen LogP contribution in [0.3, 0.4) is 0 Å². The van der Waals surface area contributed by atoms with Gasteiger partial charge in [0.15, 0.2) is 6.10 Å². The van der Waals surface area contributed by atoms with Gasteiger partial charge in [0.25, 0.3) is 5.91 Å². The Morgan fingerprint density at radius 1 is 1.32 bits per heavy atom. The molecule has 106 valence electrons. The lowest BCUT2D eigenvalue weighted by Crippen LogP contribution is -2.35. The van der Waals surface area contributed by atoms with Crippen molar-refractivity contribution in [3.63, 3.8) is 0 Å². The Hall–Kier alpha value is -1.75. The average molecular weight is 266 g/mol. The van der Waals surface area contributed by atoms with Gasteiger partial charge in [0, 0.05) is 31.8 Å². The highest BCUT2D eigenvalue weighted by molar-refractivity contribution is 5.80. The van der Waals surface area contributed by atoms with E-state index in [1.54, 1.807) is 34.2 Å². The van der Waals surface area contributed by atoms with Crippen molar-refractivity contribution in [1.29, 1.82) is 0 Å². The van der Waals surface area contributed by atoms with E-state index in [4.69, 9.17) is 15.2 Å². The molecule has 2 N–H and O–H groups in total. The molecule has 1 rings (SSSR count). The van der Waals surface area contributed by atoms with Crippen molar-refractivity contribution in [3.8, 4) is 11.5 Å². The van der Waals surface area contributed by atoms with Crippen molar-refractivity contribution in [3.05, 3.63) is 23.8 Å². The molecule has 1 aromatic carbocycles. The standard InChI is InChI=1S/C14H22N2O3/c1-9(15)12-7-6-11(18-5)8-13(12)19-10(2)14(17)16(3)4/h6-10H,15H2,1-5H3/t9-,10?/m1/s1. The Bertz CT molecular complexity index is 444. The van der Waals surface area contributed by atoms with Gasteiger partial charge >= 0.3 is 0 Å². The zero-order valence-corrected chi connectivity index (χ0v) is 12.1. The molecule has 1 aromatic rings. The van der Waals surface area contributed by atoms with Gasteiger partial charge in [-0.15, -0.1) is 0 Å². The van der Waals surface area contributed by atoms with Crippen LogP contribution in [0.4, 0.5) is 0 Å². The van der Waals surface area contributed by atoms with Crippen LogP contribution in [0.25, 0.3) is 0 Å². The lowest BCUT2D eigenvalue weighted by molar-refractivity contribution is -0.135. The maximum Gasteiger partial charge on any atom is 0.262 e. The lowest BCUT2D eigenvalue weighted by atomic mass is 10.1. The number of benzene rings is 1. The van der Waals surface area contributed by atoms with E-state index in [1.807, 2.05) is 19.1 Å². The first-order chi connectivity index (χ1) is 8.86. The van der Waals surface area contributed by atoms with Crippen LogP contribution in [-0.2, 0) is 4.79 Å². The summed E-state index contributed by atoms with van der Waals surface area (Å²) in [7, 11) is 4.97. The molecule has 5 nitrogen and oxygen atoms in total. The summed E-state index contributed by atoms with van der Waals surface area (Å²) >= 11 is 0. The smallest absolute Gasteiger partial charge is 0.262 e. The largest absolute Gasteiger partial charge is 0.497 e. The van der Waals surface area contributed by atoms with E-state index in [9.17, 15) is 4.79 Å². The van der Waals surface area contributed by atoms with Crippen LogP contribution in [0.5, 0.6) is 11.5 Å². The summed E-state index contributed by atoms with van der Waals surface area (Å²) in [5.74, 6) is 1.15. The maximum atomic E-state index is 11.8. The highest BCUT2D eigenvalue weighted by atomic mass is 16.5. The number of hydrogen-bond donors (Lipinski definition) is 1. The molecular formula is C14H22N2O3. The highest BCUT2D eigenvalue weighted by Gasteiger charge is 2.19. The number of carbonyl (C=O) groups excluding carboxylic acids is 1. The molecule has 0 radical (unpaired) electrons. The SMILES string of the molecule is COc1ccc([C@@H](C)N)c(OC(C)C(=O)N(C)C)c1. The third kappa shape index (κ3) is 3.86. The minimum Gasteiger partial charge on any atom is -0.497 e. The Morgan fingerprint density at radius 3 is 2.42 bits per heavy atom. The van der Waals surface area contributed by atoms with Crippen molar-refractivity contribution >= 4 is 5.91 Å². The van der Waals surface area contributed by atoms with E-state index in [0.29, 0.717) is 11.5 Å². The van der Waals surface area contributed by atoms with E-state index in [2.05, 4.69) is 0 Å². The van der Waals surface area contributed by atoms with Gasteiger partial charge in [-0.2, -0.15) is 0 Å². The molecule has 0 heterocycles. The van der Waals surface area contributed by atoms with Gasteiger partial charge in [0.2, 0.25) is 0 Å². The molecule has 0 aliphatic carbocycles. The number of ether oxygens (including phenoxy) is 2. The first-order valence-corrected chi connectivity index (χ1v) is 6.18. The van der Waals surface area contributed by atoms with E-state index < -0.39 is 6.10 Å². The van der Waals surface area contributed by atoms with Crippen molar-refractivity contribution in [2.45, 2.75) is 26.0 Å². The number of methoxy groups -OCH3 is 1. The number of carbonyl (C=O) groups is 1. The fourth-order valence-corrected chi connectivity index (χ4v) is 1.72. The highest BCUT2D eigenvalue weighted by Crippen LogP contribution is 2.29. The summed E-state index contributed by atoms with van der Waals surface area (Å²) in [5.41, 5.74) is 6.75. The quantitative estimate of drug-likeness (QED) is 0.878. The van der Waals surface area contributed by atoms with Gasteiger partial charge in [-0.05, 0) is 19.9 Å². The number of rotatable bonds is 5. The van der Waals surface area contributed by atoms with Gasteiger partial charge in [-0.25, -0.2) is 0 Å². The number of nitrogens with zero attached hydrogens (tertiary/aromatic N) is 1. The predicted molar refractivity (Wildman–Crippen MR) is 74.4 cm³/mol. The van der Waals surface area contributed by atoms with Crippen molar-refractivity contribution in [1.82, 2.24) is 4.90 Å². The van der Waals surface area contributed by atoms with Crippen molar-refractivity contribution in [2.75, 3.05) is 21.2 Å². The normalized spacial score (nSPS) is 13.6. The molecule has 0 aliphatic rings. The Balaban J connectivity index is 3.00. The van der Waals surface area contributed by atoms with E-state index in [1.165, 1.54) is 4.90 Å². The Labute approximate surface area is 114 Å². The number of likely N-dealkylation sites (N-methyl/N-ethyl adjacent to an activating group) is 1. The molecule has 1 amide bonds. The molecule has 0 bridgehead atoms. The molecule has 5 heteroatoms. The first kappa shape index (κ1) is 15.3. The minimum atomic E-state index is -0.570. The molecule has 0 saturated heterocycles.